The van der Waals surface area contributed by atoms with E-state index >= 15 is 0 Å². The number of aromatic nitrogens is 3. The van der Waals surface area contributed by atoms with Gasteiger partial charge >= 0.3 is 6.18 Å². The molecule has 0 N–H and O–H groups in total. The Morgan fingerprint density at radius 2 is 1.61 bits per heavy atom. The Hall–Kier alpha value is -3.20. The van der Waals surface area contributed by atoms with Crippen LogP contribution < -0.4 is 0 Å². The van der Waals surface area contributed by atoms with E-state index in [0.29, 0.717) is 13.1 Å². The Bertz CT molecular complexity index is 1030. The molecular formula is C22H22F3N5O. The van der Waals surface area contributed by atoms with Crippen molar-refractivity contribution in [1.82, 2.24) is 24.8 Å². The third-order valence-electron chi connectivity index (χ3n) is 5.39. The molecule has 1 aliphatic rings. The van der Waals surface area contributed by atoms with E-state index in [0.717, 1.165) is 36.8 Å². The summed E-state index contributed by atoms with van der Waals surface area (Å²) in [5, 5.41) is 7.59. The van der Waals surface area contributed by atoms with E-state index in [2.05, 4.69) is 27.3 Å². The second kappa shape index (κ2) is 8.89. The Kier molecular flexibility index (Phi) is 6.03. The van der Waals surface area contributed by atoms with Crippen LogP contribution in [0.15, 0.2) is 60.8 Å². The number of alkyl halides is 3. The minimum Gasteiger partial charge on any atom is -0.335 e. The maximum atomic E-state index is 13.3. The van der Waals surface area contributed by atoms with Crippen LogP contribution in [0.5, 0.6) is 0 Å². The summed E-state index contributed by atoms with van der Waals surface area (Å²) >= 11 is 0. The third-order valence-corrected chi connectivity index (χ3v) is 5.39. The highest BCUT2D eigenvalue weighted by Gasteiger charge is 2.34. The third kappa shape index (κ3) is 4.93. The topological polar surface area (TPSA) is 54.3 Å². The molecule has 0 radical (unpaired) electrons. The molecule has 1 saturated heterocycles. The number of amides is 1. The Balaban J connectivity index is 1.37. The van der Waals surface area contributed by atoms with Gasteiger partial charge in [-0.15, -0.1) is 5.10 Å². The summed E-state index contributed by atoms with van der Waals surface area (Å²) in [6, 6.07) is 15.3. The molecule has 0 spiro atoms. The lowest BCUT2D eigenvalue weighted by molar-refractivity contribution is -0.137. The van der Waals surface area contributed by atoms with Crippen LogP contribution in [-0.2, 0) is 12.6 Å². The summed E-state index contributed by atoms with van der Waals surface area (Å²) < 4.78 is 40.8. The molecular weight excluding hydrogens is 407 g/mol. The SMILES string of the molecule is O=C(c1cn(-c2ccccc2C(F)(F)F)nn1)N1CCN(CCc2ccccc2)CC1. The minimum absolute atomic E-state index is 0.0368. The zero-order chi connectivity index (χ0) is 21.8. The van der Waals surface area contributed by atoms with Crippen molar-refractivity contribution in [2.75, 3.05) is 32.7 Å². The molecule has 162 valence electrons. The summed E-state index contributed by atoms with van der Waals surface area (Å²) in [5.41, 5.74) is 0.324. The number of carbonyl (C=O) groups excluding carboxylic acids is 1. The van der Waals surface area contributed by atoms with Crippen LogP contribution in [0.4, 0.5) is 13.2 Å². The number of piperazine rings is 1. The lowest BCUT2D eigenvalue weighted by Gasteiger charge is -2.34. The van der Waals surface area contributed by atoms with Gasteiger partial charge in [0.2, 0.25) is 0 Å². The predicted molar refractivity (Wildman–Crippen MR) is 109 cm³/mol. The van der Waals surface area contributed by atoms with Crippen molar-refractivity contribution in [3.63, 3.8) is 0 Å². The zero-order valence-electron chi connectivity index (χ0n) is 16.8. The highest BCUT2D eigenvalue weighted by atomic mass is 19.4. The van der Waals surface area contributed by atoms with Crippen molar-refractivity contribution in [3.8, 4) is 5.69 Å². The van der Waals surface area contributed by atoms with E-state index in [1.807, 2.05) is 18.2 Å². The van der Waals surface area contributed by atoms with Gasteiger partial charge in [-0.2, -0.15) is 13.2 Å². The molecule has 4 rings (SSSR count). The van der Waals surface area contributed by atoms with Crippen molar-refractivity contribution in [1.29, 1.82) is 0 Å². The summed E-state index contributed by atoms with van der Waals surface area (Å²) in [7, 11) is 0. The molecule has 0 saturated carbocycles. The number of para-hydroxylation sites is 1. The average molecular weight is 429 g/mol. The van der Waals surface area contributed by atoms with E-state index in [1.54, 1.807) is 4.90 Å². The Morgan fingerprint density at radius 3 is 2.32 bits per heavy atom. The lowest BCUT2D eigenvalue weighted by atomic mass is 10.1. The summed E-state index contributed by atoms with van der Waals surface area (Å²) in [5.74, 6) is -0.321. The summed E-state index contributed by atoms with van der Waals surface area (Å²) in [6.45, 7) is 3.48. The molecule has 0 atom stereocenters. The van der Waals surface area contributed by atoms with Gasteiger partial charge in [0.05, 0.1) is 17.4 Å². The fourth-order valence-electron chi connectivity index (χ4n) is 3.66. The van der Waals surface area contributed by atoms with Crippen LogP contribution in [0, 0.1) is 0 Å². The monoisotopic (exact) mass is 429 g/mol. The van der Waals surface area contributed by atoms with Crippen LogP contribution in [0.2, 0.25) is 0 Å². The molecule has 2 heterocycles. The van der Waals surface area contributed by atoms with Crippen molar-refractivity contribution >= 4 is 5.91 Å². The zero-order valence-corrected chi connectivity index (χ0v) is 16.8. The molecule has 0 bridgehead atoms. The number of benzene rings is 2. The fourth-order valence-corrected chi connectivity index (χ4v) is 3.66. The van der Waals surface area contributed by atoms with Gasteiger partial charge in [0, 0.05) is 32.7 Å². The predicted octanol–water partition coefficient (Wildman–Crippen LogP) is 3.29. The van der Waals surface area contributed by atoms with Crippen molar-refractivity contribution in [2.24, 2.45) is 0 Å². The lowest BCUT2D eigenvalue weighted by Crippen LogP contribution is -2.49. The van der Waals surface area contributed by atoms with Crippen LogP contribution in [0.3, 0.4) is 0 Å². The highest BCUT2D eigenvalue weighted by molar-refractivity contribution is 5.92. The second-order valence-corrected chi connectivity index (χ2v) is 7.43. The number of hydrogen-bond acceptors (Lipinski definition) is 4. The largest absolute Gasteiger partial charge is 0.418 e. The number of hydrogen-bond donors (Lipinski definition) is 0. The summed E-state index contributed by atoms with van der Waals surface area (Å²) in [4.78, 5) is 16.8. The van der Waals surface area contributed by atoms with Crippen molar-refractivity contribution in [2.45, 2.75) is 12.6 Å². The minimum atomic E-state index is -4.53. The quantitative estimate of drug-likeness (QED) is 0.625. The average Bonchev–Trinajstić information content (AvgIpc) is 3.28. The number of rotatable bonds is 5. The molecule has 0 aliphatic carbocycles. The maximum Gasteiger partial charge on any atom is 0.418 e. The van der Waals surface area contributed by atoms with E-state index in [9.17, 15) is 18.0 Å². The summed E-state index contributed by atoms with van der Waals surface area (Å²) in [6.07, 6.45) is -2.32. The second-order valence-electron chi connectivity index (χ2n) is 7.43. The van der Waals surface area contributed by atoms with E-state index in [1.165, 1.54) is 30.0 Å². The van der Waals surface area contributed by atoms with Gasteiger partial charge in [-0.1, -0.05) is 47.7 Å². The molecule has 2 aromatic carbocycles. The standard InChI is InChI=1S/C22H22F3N5O/c23-22(24,25)18-8-4-5-9-20(18)30-16-19(26-27-30)21(31)29-14-12-28(13-15-29)11-10-17-6-2-1-3-7-17/h1-9,16H,10-15H2. The van der Waals surface area contributed by atoms with Crippen molar-refractivity contribution in [3.05, 3.63) is 77.6 Å². The van der Waals surface area contributed by atoms with Gasteiger partial charge in [-0.25, -0.2) is 4.68 Å². The first-order valence-electron chi connectivity index (χ1n) is 10.1. The molecule has 0 unspecified atom stereocenters. The molecule has 1 amide bonds. The molecule has 1 aromatic heterocycles. The number of halogens is 3. The first-order chi connectivity index (χ1) is 14.9. The first-order valence-corrected chi connectivity index (χ1v) is 10.1. The van der Waals surface area contributed by atoms with E-state index < -0.39 is 11.7 Å². The number of nitrogens with zero attached hydrogens (tertiary/aromatic N) is 5. The smallest absolute Gasteiger partial charge is 0.335 e. The molecule has 31 heavy (non-hydrogen) atoms. The van der Waals surface area contributed by atoms with Gasteiger partial charge in [0.25, 0.3) is 5.91 Å². The molecule has 6 nitrogen and oxygen atoms in total. The van der Waals surface area contributed by atoms with Gasteiger partial charge in [-0.05, 0) is 24.1 Å². The van der Waals surface area contributed by atoms with Gasteiger partial charge in [-0.3, -0.25) is 9.69 Å². The van der Waals surface area contributed by atoms with E-state index in [-0.39, 0.29) is 17.3 Å². The highest BCUT2D eigenvalue weighted by Crippen LogP contribution is 2.33. The Morgan fingerprint density at radius 1 is 0.935 bits per heavy atom. The fraction of sp³-hybridized carbons (Fsp3) is 0.318. The van der Waals surface area contributed by atoms with Crippen LogP contribution >= 0.6 is 0 Å². The first kappa shape index (κ1) is 21.0. The molecule has 1 aliphatic heterocycles. The van der Waals surface area contributed by atoms with E-state index in [4.69, 9.17) is 0 Å². The maximum absolute atomic E-state index is 13.3. The molecule has 3 aromatic rings. The number of carbonyl (C=O) groups is 1. The van der Waals surface area contributed by atoms with Crippen LogP contribution in [0.25, 0.3) is 5.69 Å². The normalized spacial score (nSPS) is 15.3. The molecule has 9 heteroatoms. The molecule has 1 fully saturated rings. The van der Waals surface area contributed by atoms with Crippen molar-refractivity contribution < 1.29 is 18.0 Å². The van der Waals surface area contributed by atoms with Gasteiger partial charge in [0.15, 0.2) is 5.69 Å². The Labute approximate surface area is 177 Å². The van der Waals surface area contributed by atoms with Gasteiger partial charge < -0.3 is 4.90 Å². The van der Waals surface area contributed by atoms with Crippen LogP contribution in [-0.4, -0.2) is 63.4 Å². The van der Waals surface area contributed by atoms with Gasteiger partial charge in [0.1, 0.15) is 0 Å². The van der Waals surface area contributed by atoms with Crippen LogP contribution in [0.1, 0.15) is 21.6 Å².